The number of nitrogens with one attached hydrogen (secondary N) is 1. The van der Waals surface area contributed by atoms with Gasteiger partial charge in [0.25, 0.3) is 5.91 Å². The number of aromatic hydroxyl groups is 1. The summed E-state index contributed by atoms with van der Waals surface area (Å²) in [5, 5.41) is 14.2. The molecule has 3 aromatic carbocycles. The molecule has 4 aromatic rings. The quantitative estimate of drug-likeness (QED) is 0.271. The molecule has 30 heavy (non-hydrogen) atoms. The van der Waals surface area contributed by atoms with E-state index in [0.29, 0.717) is 12.1 Å². The Labute approximate surface area is 178 Å². The summed E-state index contributed by atoms with van der Waals surface area (Å²) >= 11 is 1.37. The van der Waals surface area contributed by atoms with Crippen molar-refractivity contribution in [2.75, 3.05) is 5.75 Å². The molecule has 0 radical (unpaired) electrons. The molecule has 0 fully saturated rings. The number of phenolic OH excluding ortho intramolecular Hbond substituents is 1. The molecule has 2 N–H and O–H groups in total. The molecule has 6 nitrogen and oxygen atoms in total. The van der Waals surface area contributed by atoms with Crippen LogP contribution in [-0.2, 0) is 11.3 Å². The Kier molecular flexibility index (Phi) is 6.10. The third kappa shape index (κ3) is 4.87. The first kappa shape index (κ1) is 19.7. The summed E-state index contributed by atoms with van der Waals surface area (Å²) in [7, 11) is 0. The average Bonchev–Trinajstić information content (AvgIpc) is 3.10. The molecule has 0 saturated heterocycles. The Morgan fingerprint density at radius 3 is 2.70 bits per heavy atom. The van der Waals surface area contributed by atoms with Crippen molar-refractivity contribution in [3.8, 4) is 5.75 Å². The number of carbonyl (C=O) groups excluding carboxylic acids is 1. The van der Waals surface area contributed by atoms with Crippen LogP contribution in [0.25, 0.3) is 11.0 Å². The van der Waals surface area contributed by atoms with Crippen molar-refractivity contribution in [1.29, 1.82) is 0 Å². The van der Waals surface area contributed by atoms with Crippen molar-refractivity contribution in [2.45, 2.75) is 11.7 Å². The Hall–Kier alpha value is -3.58. The molecule has 0 aliphatic carbocycles. The van der Waals surface area contributed by atoms with Crippen molar-refractivity contribution >= 4 is 34.9 Å². The lowest BCUT2D eigenvalue weighted by molar-refractivity contribution is -0.118. The van der Waals surface area contributed by atoms with Gasteiger partial charge in [-0.2, -0.15) is 5.10 Å². The van der Waals surface area contributed by atoms with Gasteiger partial charge >= 0.3 is 0 Å². The van der Waals surface area contributed by atoms with Crippen LogP contribution in [0.4, 0.5) is 0 Å². The van der Waals surface area contributed by atoms with E-state index in [1.165, 1.54) is 23.5 Å². The Morgan fingerprint density at radius 2 is 1.87 bits per heavy atom. The Morgan fingerprint density at radius 1 is 1.07 bits per heavy atom. The first-order valence-corrected chi connectivity index (χ1v) is 10.4. The Balaban J connectivity index is 1.44. The Bertz CT molecular complexity index is 1190. The third-order valence-electron chi connectivity index (χ3n) is 4.41. The summed E-state index contributed by atoms with van der Waals surface area (Å²) in [5.41, 5.74) is 6.32. The number of hydrogen-bond donors (Lipinski definition) is 2. The predicted molar refractivity (Wildman–Crippen MR) is 120 cm³/mol. The number of thioether (sulfide) groups is 1. The molecule has 7 heteroatoms. The minimum absolute atomic E-state index is 0.151. The highest BCUT2D eigenvalue weighted by atomic mass is 32.2. The molecule has 1 heterocycles. The van der Waals surface area contributed by atoms with Crippen LogP contribution in [0.2, 0.25) is 0 Å². The van der Waals surface area contributed by atoms with Gasteiger partial charge in [0, 0.05) is 0 Å². The zero-order chi connectivity index (χ0) is 20.8. The highest BCUT2D eigenvalue weighted by Gasteiger charge is 2.13. The number of aromatic nitrogens is 2. The molecule has 4 rings (SSSR count). The zero-order valence-electron chi connectivity index (χ0n) is 16.1. The normalized spacial score (nSPS) is 11.2. The van der Waals surface area contributed by atoms with E-state index >= 15 is 0 Å². The van der Waals surface area contributed by atoms with E-state index < -0.39 is 0 Å². The molecular weight excluding hydrogens is 396 g/mol. The molecule has 0 saturated carbocycles. The van der Waals surface area contributed by atoms with Crippen molar-refractivity contribution in [3.05, 3.63) is 90.0 Å². The van der Waals surface area contributed by atoms with Gasteiger partial charge in [0.1, 0.15) is 5.75 Å². The number of para-hydroxylation sites is 2. The predicted octanol–water partition coefficient (Wildman–Crippen LogP) is 4.03. The molecule has 1 amide bonds. The van der Waals surface area contributed by atoms with E-state index in [0.717, 1.165) is 16.2 Å². The lowest BCUT2D eigenvalue weighted by Gasteiger charge is -2.09. The van der Waals surface area contributed by atoms with Crippen LogP contribution < -0.4 is 5.43 Å². The van der Waals surface area contributed by atoms with Crippen LogP contribution in [-0.4, -0.2) is 32.5 Å². The minimum atomic E-state index is -0.227. The van der Waals surface area contributed by atoms with Gasteiger partial charge in [-0.1, -0.05) is 66.4 Å². The summed E-state index contributed by atoms with van der Waals surface area (Å²) in [6.07, 6.45) is 1.49. The third-order valence-corrected chi connectivity index (χ3v) is 5.38. The largest absolute Gasteiger partial charge is 0.508 e. The molecule has 0 bridgehead atoms. The molecule has 0 unspecified atom stereocenters. The SMILES string of the molecule is O=C(CSc1nc2ccccc2n1Cc1ccccc1)NN=Cc1cccc(O)c1. The van der Waals surface area contributed by atoms with Gasteiger partial charge in [-0.25, -0.2) is 10.4 Å². The van der Waals surface area contributed by atoms with E-state index in [1.54, 1.807) is 24.3 Å². The molecule has 1 aromatic heterocycles. The fourth-order valence-electron chi connectivity index (χ4n) is 3.03. The second-order valence-corrected chi connectivity index (χ2v) is 7.57. The van der Waals surface area contributed by atoms with Crippen molar-refractivity contribution < 1.29 is 9.90 Å². The number of nitrogens with zero attached hydrogens (tertiary/aromatic N) is 3. The van der Waals surface area contributed by atoms with E-state index in [-0.39, 0.29) is 17.4 Å². The van der Waals surface area contributed by atoms with Gasteiger partial charge in [0.15, 0.2) is 5.16 Å². The average molecular weight is 417 g/mol. The molecule has 0 aliphatic rings. The number of hydrogen-bond acceptors (Lipinski definition) is 5. The first-order chi connectivity index (χ1) is 14.7. The van der Waals surface area contributed by atoms with E-state index in [1.807, 2.05) is 42.5 Å². The van der Waals surface area contributed by atoms with Crippen molar-refractivity contribution in [3.63, 3.8) is 0 Å². The monoisotopic (exact) mass is 416 g/mol. The molecular formula is C23H20N4O2S. The summed E-state index contributed by atoms with van der Waals surface area (Å²) < 4.78 is 2.12. The maximum atomic E-state index is 12.2. The summed E-state index contributed by atoms with van der Waals surface area (Å²) in [4.78, 5) is 16.9. The number of amides is 1. The van der Waals surface area contributed by atoms with Gasteiger partial charge in [-0.15, -0.1) is 0 Å². The van der Waals surface area contributed by atoms with Crippen molar-refractivity contribution in [1.82, 2.24) is 15.0 Å². The van der Waals surface area contributed by atoms with Gasteiger partial charge in [-0.05, 0) is 35.4 Å². The molecule has 0 atom stereocenters. The van der Waals surface area contributed by atoms with Gasteiger partial charge in [-0.3, -0.25) is 4.79 Å². The highest BCUT2D eigenvalue weighted by molar-refractivity contribution is 7.99. The molecule has 0 aliphatic heterocycles. The number of phenols is 1. The van der Waals surface area contributed by atoms with Crippen LogP contribution in [0.15, 0.2) is 89.1 Å². The van der Waals surface area contributed by atoms with Crippen molar-refractivity contribution in [2.24, 2.45) is 5.10 Å². The smallest absolute Gasteiger partial charge is 0.250 e. The summed E-state index contributed by atoms with van der Waals surface area (Å²) in [6.45, 7) is 0.682. The maximum Gasteiger partial charge on any atom is 0.250 e. The summed E-state index contributed by atoms with van der Waals surface area (Å²) in [5.74, 6) is 0.114. The van der Waals surface area contributed by atoms with Gasteiger partial charge < -0.3 is 9.67 Å². The minimum Gasteiger partial charge on any atom is -0.508 e. The number of imidazole rings is 1. The lowest BCUT2D eigenvalue weighted by Crippen LogP contribution is -2.20. The van der Waals surface area contributed by atoms with E-state index in [2.05, 4.69) is 27.2 Å². The molecule has 150 valence electrons. The van der Waals surface area contributed by atoms with Crippen LogP contribution in [0.5, 0.6) is 5.75 Å². The number of hydrazone groups is 1. The summed E-state index contributed by atoms with van der Waals surface area (Å²) in [6, 6.07) is 24.8. The van der Waals surface area contributed by atoms with Gasteiger partial charge in [0.05, 0.1) is 29.5 Å². The van der Waals surface area contributed by atoms with Crippen LogP contribution in [0.3, 0.4) is 0 Å². The van der Waals surface area contributed by atoms with E-state index in [4.69, 9.17) is 4.98 Å². The second-order valence-electron chi connectivity index (χ2n) is 6.63. The topological polar surface area (TPSA) is 79.5 Å². The number of rotatable bonds is 7. The van der Waals surface area contributed by atoms with Crippen LogP contribution >= 0.6 is 11.8 Å². The standard InChI is InChI=1S/C23H20N4O2S/c28-19-10-6-9-18(13-19)14-24-26-22(29)16-30-23-25-20-11-4-5-12-21(20)27(23)15-17-7-2-1-3-8-17/h1-14,28H,15-16H2,(H,26,29). The van der Waals surface area contributed by atoms with Gasteiger partial charge in [0.2, 0.25) is 0 Å². The first-order valence-electron chi connectivity index (χ1n) is 9.42. The molecule has 0 spiro atoms. The van der Waals surface area contributed by atoms with Crippen LogP contribution in [0, 0.1) is 0 Å². The maximum absolute atomic E-state index is 12.2. The fraction of sp³-hybridized carbons (Fsp3) is 0.0870. The zero-order valence-corrected chi connectivity index (χ0v) is 16.9. The lowest BCUT2D eigenvalue weighted by atomic mass is 10.2. The second kappa shape index (κ2) is 9.28. The highest BCUT2D eigenvalue weighted by Crippen LogP contribution is 2.25. The van der Waals surface area contributed by atoms with E-state index in [9.17, 15) is 9.90 Å². The number of benzene rings is 3. The number of carbonyl (C=O) groups is 1. The number of fused-ring (bicyclic) bond motifs is 1. The van der Waals surface area contributed by atoms with Crippen LogP contribution in [0.1, 0.15) is 11.1 Å². The fourth-order valence-corrected chi connectivity index (χ4v) is 3.84.